The second kappa shape index (κ2) is 7.88. The molecule has 1 fully saturated rings. The van der Waals surface area contributed by atoms with Crippen molar-refractivity contribution in [1.29, 1.82) is 0 Å². The van der Waals surface area contributed by atoms with Gasteiger partial charge in [0.05, 0.1) is 13.2 Å². The number of morpholine rings is 1. The molecule has 1 atom stereocenters. The summed E-state index contributed by atoms with van der Waals surface area (Å²) in [4.78, 5) is 21.9. The number of carbonyl (C=O) groups excluding carboxylic acids is 1. The number of ether oxygens (including phenoxy) is 1. The Hall–Kier alpha value is -1.34. The highest BCUT2D eigenvalue weighted by Crippen LogP contribution is 2.03. The lowest BCUT2D eigenvalue weighted by Crippen LogP contribution is -2.52. The molecule has 3 N–H and O–H groups in total. The lowest BCUT2D eigenvalue weighted by atomic mass is 10.1. The van der Waals surface area contributed by atoms with Gasteiger partial charge in [-0.1, -0.05) is 6.92 Å². The van der Waals surface area contributed by atoms with E-state index in [2.05, 4.69) is 10.7 Å². The maximum Gasteiger partial charge on any atom is 0.329 e. The molecular formula is C11H21N3O4. The van der Waals surface area contributed by atoms with Gasteiger partial charge in [-0.2, -0.15) is 0 Å². The molecule has 1 rings (SSSR count). The Kier molecular flexibility index (Phi) is 6.45. The number of hydrazine groups is 1. The number of amides is 2. The number of urea groups is 1. The Morgan fingerprint density at radius 2 is 2.06 bits per heavy atom. The highest BCUT2D eigenvalue weighted by Gasteiger charge is 2.13. The van der Waals surface area contributed by atoms with E-state index in [1.807, 2.05) is 6.92 Å². The number of carbonyl (C=O) groups is 2. The zero-order valence-electron chi connectivity index (χ0n) is 10.6. The third kappa shape index (κ3) is 6.41. The van der Waals surface area contributed by atoms with Crippen LogP contribution in [-0.2, 0) is 9.53 Å². The molecule has 1 heterocycles. The van der Waals surface area contributed by atoms with E-state index >= 15 is 0 Å². The largest absolute Gasteiger partial charge is 0.481 e. The van der Waals surface area contributed by atoms with Crippen LogP contribution in [0.3, 0.4) is 0 Å². The fourth-order valence-electron chi connectivity index (χ4n) is 1.60. The van der Waals surface area contributed by atoms with E-state index in [0.29, 0.717) is 39.3 Å². The molecule has 18 heavy (non-hydrogen) atoms. The first-order valence-corrected chi connectivity index (χ1v) is 6.17. The van der Waals surface area contributed by atoms with Gasteiger partial charge in [-0.15, -0.1) is 0 Å². The summed E-state index contributed by atoms with van der Waals surface area (Å²) in [7, 11) is 0. The first-order chi connectivity index (χ1) is 8.58. The molecule has 7 heteroatoms. The van der Waals surface area contributed by atoms with E-state index in [1.165, 1.54) is 0 Å². The third-order valence-corrected chi connectivity index (χ3v) is 2.73. The normalized spacial score (nSPS) is 18.1. The second-order valence-corrected chi connectivity index (χ2v) is 4.46. The maximum absolute atomic E-state index is 11.5. The van der Waals surface area contributed by atoms with Gasteiger partial charge in [0.25, 0.3) is 0 Å². The number of nitrogens with one attached hydrogen (secondary N) is 2. The number of aliphatic carboxylic acids is 1. The van der Waals surface area contributed by atoms with Crippen molar-refractivity contribution in [3.8, 4) is 0 Å². The first-order valence-electron chi connectivity index (χ1n) is 6.17. The summed E-state index contributed by atoms with van der Waals surface area (Å²) in [5.74, 6) is -0.656. The molecule has 1 aliphatic heterocycles. The summed E-state index contributed by atoms with van der Waals surface area (Å²) < 4.78 is 5.16. The number of rotatable bonds is 6. The molecule has 0 spiro atoms. The van der Waals surface area contributed by atoms with Crippen molar-refractivity contribution in [3.05, 3.63) is 0 Å². The maximum atomic E-state index is 11.5. The predicted molar refractivity (Wildman–Crippen MR) is 65.0 cm³/mol. The van der Waals surface area contributed by atoms with Crippen LogP contribution in [0.5, 0.6) is 0 Å². The summed E-state index contributed by atoms with van der Waals surface area (Å²) in [6.07, 6.45) is 0.696. The molecular weight excluding hydrogens is 238 g/mol. The fourth-order valence-corrected chi connectivity index (χ4v) is 1.60. The van der Waals surface area contributed by atoms with Crippen LogP contribution in [0.15, 0.2) is 0 Å². The molecule has 0 aromatic carbocycles. The Bertz CT molecular complexity index is 279. The Labute approximate surface area is 106 Å². The quantitative estimate of drug-likeness (QED) is 0.626. The van der Waals surface area contributed by atoms with Gasteiger partial charge in [-0.3, -0.25) is 10.2 Å². The van der Waals surface area contributed by atoms with Crippen molar-refractivity contribution in [2.45, 2.75) is 19.8 Å². The number of nitrogens with zero attached hydrogens (tertiary/aromatic N) is 1. The van der Waals surface area contributed by atoms with Gasteiger partial charge in [0, 0.05) is 26.1 Å². The summed E-state index contributed by atoms with van der Waals surface area (Å²) in [6.45, 7) is 5.00. The van der Waals surface area contributed by atoms with Crippen LogP contribution >= 0.6 is 0 Å². The Morgan fingerprint density at radius 1 is 1.39 bits per heavy atom. The SMILES string of the molecule is CC(CCC(=O)O)CNC(=O)NN1CCOCC1. The topological polar surface area (TPSA) is 90.9 Å². The molecule has 0 radical (unpaired) electrons. The Morgan fingerprint density at radius 3 is 2.67 bits per heavy atom. The molecule has 0 saturated carbocycles. The van der Waals surface area contributed by atoms with Crippen LogP contribution in [0.1, 0.15) is 19.8 Å². The zero-order chi connectivity index (χ0) is 13.4. The summed E-state index contributed by atoms with van der Waals surface area (Å²) >= 11 is 0. The monoisotopic (exact) mass is 259 g/mol. The van der Waals surface area contributed by atoms with Crippen molar-refractivity contribution in [2.75, 3.05) is 32.8 Å². The molecule has 1 aliphatic rings. The van der Waals surface area contributed by atoms with Gasteiger partial charge in [0.1, 0.15) is 0 Å². The van der Waals surface area contributed by atoms with E-state index in [4.69, 9.17) is 9.84 Å². The highest BCUT2D eigenvalue weighted by molar-refractivity contribution is 5.73. The van der Waals surface area contributed by atoms with Gasteiger partial charge in [-0.25, -0.2) is 9.80 Å². The molecule has 0 aromatic heterocycles. The molecule has 0 aliphatic carbocycles. The van der Waals surface area contributed by atoms with E-state index in [9.17, 15) is 9.59 Å². The van der Waals surface area contributed by atoms with Crippen molar-refractivity contribution >= 4 is 12.0 Å². The number of hydrogen-bond acceptors (Lipinski definition) is 4. The number of hydrogen-bond donors (Lipinski definition) is 3. The molecule has 1 saturated heterocycles. The van der Waals surface area contributed by atoms with Crippen LogP contribution in [0.25, 0.3) is 0 Å². The molecule has 7 nitrogen and oxygen atoms in total. The average Bonchev–Trinajstić information content (AvgIpc) is 2.35. The van der Waals surface area contributed by atoms with Gasteiger partial charge in [-0.05, 0) is 12.3 Å². The first kappa shape index (κ1) is 14.7. The average molecular weight is 259 g/mol. The van der Waals surface area contributed by atoms with Crippen molar-refractivity contribution in [3.63, 3.8) is 0 Å². The molecule has 1 unspecified atom stereocenters. The summed E-state index contributed by atoms with van der Waals surface area (Å²) in [5, 5.41) is 13.1. The fraction of sp³-hybridized carbons (Fsp3) is 0.818. The smallest absolute Gasteiger partial charge is 0.329 e. The van der Waals surface area contributed by atoms with Crippen molar-refractivity contribution in [1.82, 2.24) is 15.8 Å². The molecule has 2 amide bonds. The van der Waals surface area contributed by atoms with E-state index in [-0.39, 0.29) is 18.4 Å². The summed E-state index contributed by atoms with van der Waals surface area (Å²) in [5.41, 5.74) is 2.73. The third-order valence-electron chi connectivity index (χ3n) is 2.73. The summed E-state index contributed by atoms with van der Waals surface area (Å²) in [6, 6.07) is -0.251. The van der Waals surface area contributed by atoms with Gasteiger partial charge >= 0.3 is 12.0 Å². The Balaban J connectivity index is 2.10. The number of carboxylic acid groups (broad SMARTS) is 1. The van der Waals surface area contributed by atoms with E-state index < -0.39 is 5.97 Å². The van der Waals surface area contributed by atoms with Crippen LogP contribution in [0.2, 0.25) is 0 Å². The highest BCUT2D eigenvalue weighted by atomic mass is 16.5. The van der Waals surface area contributed by atoms with Crippen LogP contribution < -0.4 is 10.7 Å². The minimum absolute atomic E-state index is 0.133. The van der Waals surface area contributed by atoms with E-state index in [1.54, 1.807) is 5.01 Å². The lowest BCUT2D eigenvalue weighted by Gasteiger charge is -2.27. The minimum atomic E-state index is -0.806. The predicted octanol–water partition coefficient (Wildman–Crippen LogP) is 0.0337. The van der Waals surface area contributed by atoms with Gasteiger partial charge in [0.15, 0.2) is 0 Å². The van der Waals surface area contributed by atoms with Gasteiger partial charge in [0.2, 0.25) is 0 Å². The lowest BCUT2D eigenvalue weighted by molar-refractivity contribution is -0.137. The van der Waals surface area contributed by atoms with Crippen molar-refractivity contribution < 1.29 is 19.4 Å². The molecule has 104 valence electrons. The van der Waals surface area contributed by atoms with Crippen molar-refractivity contribution in [2.24, 2.45) is 5.92 Å². The van der Waals surface area contributed by atoms with Crippen LogP contribution in [0, 0.1) is 5.92 Å². The van der Waals surface area contributed by atoms with E-state index in [0.717, 1.165) is 0 Å². The second-order valence-electron chi connectivity index (χ2n) is 4.46. The number of carboxylic acids is 1. The minimum Gasteiger partial charge on any atom is -0.481 e. The molecule has 0 bridgehead atoms. The van der Waals surface area contributed by atoms with Crippen LogP contribution in [-0.4, -0.2) is 55.0 Å². The standard InChI is InChI=1S/C11H21N3O4/c1-9(2-3-10(15)16)8-12-11(17)13-14-4-6-18-7-5-14/h9H,2-8H2,1H3,(H,15,16)(H2,12,13,17). The van der Waals surface area contributed by atoms with Crippen LogP contribution in [0.4, 0.5) is 4.79 Å². The molecule has 0 aromatic rings. The van der Waals surface area contributed by atoms with Gasteiger partial charge < -0.3 is 15.2 Å². The zero-order valence-corrected chi connectivity index (χ0v) is 10.6.